The Hall–Kier alpha value is -2.38. The van der Waals surface area contributed by atoms with E-state index in [9.17, 15) is 4.39 Å². The Kier molecular flexibility index (Phi) is 4.34. The number of aliphatic hydroxyl groups excluding tert-OH is 1. The van der Waals surface area contributed by atoms with Crippen LogP contribution in [0.1, 0.15) is 22.4 Å². The van der Waals surface area contributed by atoms with E-state index < -0.39 is 5.82 Å². The van der Waals surface area contributed by atoms with Gasteiger partial charge in [-0.05, 0) is 24.1 Å². The lowest BCUT2D eigenvalue weighted by molar-refractivity contribution is 0.282. The molecule has 0 amide bonds. The number of hydrogen-bond donors (Lipinski definition) is 2. The lowest BCUT2D eigenvalue weighted by Gasteiger charge is -2.00. The number of pyridine rings is 1. The SMILES string of the molecule is Cc1nc(N)c(F)cc1C#CCc1ccc(CO)cc1. The van der Waals surface area contributed by atoms with Crippen LogP contribution in [-0.2, 0) is 13.0 Å². The molecule has 2 rings (SSSR count). The van der Waals surface area contributed by atoms with Gasteiger partial charge >= 0.3 is 0 Å². The minimum Gasteiger partial charge on any atom is -0.392 e. The second-order valence-corrected chi connectivity index (χ2v) is 4.44. The van der Waals surface area contributed by atoms with Crippen molar-refractivity contribution in [1.82, 2.24) is 4.98 Å². The van der Waals surface area contributed by atoms with Gasteiger partial charge in [0, 0.05) is 12.0 Å². The van der Waals surface area contributed by atoms with Crippen molar-refractivity contribution >= 4 is 5.82 Å². The molecule has 0 fully saturated rings. The van der Waals surface area contributed by atoms with Crippen LogP contribution in [0.25, 0.3) is 0 Å². The van der Waals surface area contributed by atoms with Crippen LogP contribution in [0.15, 0.2) is 30.3 Å². The third-order valence-corrected chi connectivity index (χ3v) is 2.91. The van der Waals surface area contributed by atoms with Crippen LogP contribution in [0, 0.1) is 24.6 Å². The van der Waals surface area contributed by atoms with Gasteiger partial charge in [-0.3, -0.25) is 0 Å². The number of nitrogen functional groups attached to an aromatic ring is 1. The van der Waals surface area contributed by atoms with E-state index in [4.69, 9.17) is 10.8 Å². The molecule has 0 saturated heterocycles. The van der Waals surface area contributed by atoms with Crippen LogP contribution in [0.2, 0.25) is 0 Å². The number of benzene rings is 1. The first-order valence-corrected chi connectivity index (χ1v) is 6.20. The normalized spacial score (nSPS) is 9.95. The molecule has 0 unspecified atom stereocenters. The van der Waals surface area contributed by atoms with Gasteiger partial charge in [-0.25, -0.2) is 9.37 Å². The molecule has 0 spiro atoms. The number of aryl methyl sites for hydroxylation is 1. The topological polar surface area (TPSA) is 59.1 Å². The van der Waals surface area contributed by atoms with E-state index in [0.717, 1.165) is 11.1 Å². The first kappa shape index (κ1) is 14.0. The summed E-state index contributed by atoms with van der Waals surface area (Å²) in [6.07, 6.45) is 0.553. The van der Waals surface area contributed by atoms with Crippen LogP contribution in [0.3, 0.4) is 0 Å². The molecule has 0 atom stereocenters. The number of nitrogens with two attached hydrogens (primary N) is 1. The van der Waals surface area contributed by atoms with E-state index in [1.54, 1.807) is 6.92 Å². The van der Waals surface area contributed by atoms with Crippen molar-refractivity contribution in [3.63, 3.8) is 0 Å². The Balaban J connectivity index is 2.13. The van der Waals surface area contributed by atoms with E-state index in [-0.39, 0.29) is 12.4 Å². The maximum atomic E-state index is 13.3. The van der Waals surface area contributed by atoms with Crippen LogP contribution in [0.4, 0.5) is 10.2 Å². The summed E-state index contributed by atoms with van der Waals surface area (Å²) in [6.45, 7) is 1.78. The van der Waals surface area contributed by atoms with E-state index in [2.05, 4.69) is 16.8 Å². The van der Waals surface area contributed by atoms with Crippen molar-refractivity contribution in [2.75, 3.05) is 5.73 Å². The Morgan fingerprint density at radius 1 is 1.25 bits per heavy atom. The Morgan fingerprint density at radius 2 is 1.90 bits per heavy atom. The zero-order valence-electron chi connectivity index (χ0n) is 11.2. The van der Waals surface area contributed by atoms with E-state index in [1.807, 2.05) is 24.3 Å². The maximum absolute atomic E-state index is 13.3. The van der Waals surface area contributed by atoms with Crippen LogP contribution >= 0.6 is 0 Å². The highest BCUT2D eigenvalue weighted by molar-refractivity contribution is 5.44. The van der Waals surface area contributed by atoms with Gasteiger partial charge in [0.25, 0.3) is 0 Å². The minimum absolute atomic E-state index is 0.0293. The molecule has 0 saturated carbocycles. The molecule has 4 heteroatoms. The van der Waals surface area contributed by atoms with Crippen molar-refractivity contribution in [2.45, 2.75) is 20.0 Å². The molecule has 0 aliphatic rings. The summed E-state index contributed by atoms with van der Waals surface area (Å²) in [5.74, 6) is 5.23. The molecule has 1 aromatic heterocycles. The number of aromatic nitrogens is 1. The average molecular weight is 270 g/mol. The predicted molar refractivity (Wildman–Crippen MR) is 76.3 cm³/mol. The molecule has 1 heterocycles. The average Bonchev–Trinajstić information content (AvgIpc) is 2.45. The lowest BCUT2D eigenvalue weighted by atomic mass is 10.1. The molecule has 0 bridgehead atoms. The molecular weight excluding hydrogens is 255 g/mol. The molecule has 20 heavy (non-hydrogen) atoms. The van der Waals surface area contributed by atoms with Gasteiger partial charge in [-0.15, -0.1) is 0 Å². The van der Waals surface area contributed by atoms with Gasteiger partial charge in [0.15, 0.2) is 11.6 Å². The second kappa shape index (κ2) is 6.18. The van der Waals surface area contributed by atoms with Crippen molar-refractivity contribution < 1.29 is 9.50 Å². The molecule has 2 aromatic rings. The van der Waals surface area contributed by atoms with Gasteiger partial charge in [0.05, 0.1) is 12.3 Å². The molecule has 0 radical (unpaired) electrons. The standard InChI is InChI=1S/C16H15FN2O/c1-11-14(9-15(17)16(18)19-11)4-2-3-12-5-7-13(10-20)8-6-12/h5-9,20H,3,10H2,1H3,(H2,18,19). The van der Waals surface area contributed by atoms with Crippen LogP contribution in [0.5, 0.6) is 0 Å². The highest BCUT2D eigenvalue weighted by Crippen LogP contribution is 2.12. The van der Waals surface area contributed by atoms with E-state index >= 15 is 0 Å². The zero-order valence-corrected chi connectivity index (χ0v) is 11.2. The summed E-state index contributed by atoms with van der Waals surface area (Å²) in [6, 6.07) is 8.84. The molecule has 102 valence electrons. The molecule has 3 N–H and O–H groups in total. The van der Waals surface area contributed by atoms with Crippen molar-refractivity contribution in [3.8, 4) is 11.8 Å². The van der Waals surface area contributed by atoms with Crippen molar-refractivity contribution in [3.05, 3.63) is 58.5 Å². The fourth-order valence-electron chi connectivity index (χ4n) is 1.73. The summed E-state index contributed by atoms with van der Waals surface area (Å²) in [4.78, 5) is 3.89. The van der Waals surface area contributed by atoms with Gasteiger partial charge in [-0.2, -0.15) is 0 Å². The lowest BCUT2D eigenvalue weighted by Crippen LogP contribution is -1.99. The first-order valence-electron chi connectivity index (χ1n) is 6.20. The van der Waals surface area contributed by atoms with E-state index in [1.165, 1.54) is 6.07 Å². The number of hydrogen-bond acceptors (Lipinski definition) is 3. The van der Waals surface area contributed by atoms with Crippen LogP contribution < -0.4 is 5.73 Å². The van der Waals surface area contributed by atoms with E-state index in [0.29, 0.717) is 17.7 Å². The monoisotopic (exact) mass is 270 g/mol. The number of anilines is 1. The first-order chi connectivity index (χ1) is 9.60. The maximum Gasteiger partial charge on any atom is 0.166 e. The number of halogens is 1. The summed E-state index contributed by atoms with van der Waals surface area (Å²) in [5, 5.41) is 8.95. The molecule has 0 aliphatic carbocycles. The van der Waals surface area contributed by atoms with Crippen molar-refractivity contribution in [2.24, 2.45) is 0 Å². The number of rotatable bonds is 2. The summed E-state index contributed by atoms with van der Waals surface area (Å²) in [5.41, 5.74) is 8.45. The summed E-state index contributed by atoms with van der Waals surface area (Å²) >= 11 is 0. The Labute approximate surface area is 117 Å². The number of nitrogens with zero attached hydrogens (tertiary/aromatic N) is 1. The summed E-state index contributed by atoms with van der Waals surface area (Å²) in [7, 11) is 0. The third kappa shape index (κ3) is 3.34. The fourth-order valence-corrected chi connectivity index (χ4v) is 1.73. The van der Waals surface area contributed by atoms with Crippen LogP contribution in [-0.4, -0.2) is 10.1 Å². The third-order valence-electron chi connectivity index (χ3n) is 2.91. The number of aliphatic hydroxyl groups is 1. The predicted octanol–water partition coefficient (Wildman–Crippen LogP) is 2.20. The van der Waals surface area contributed by atoms with Crippen molar-refractivity contribution in [1.29, 1.82) is 0 Å². The Bertz CT molecular complexity index is 669. The highest BCUT2D eigenvalue weighted by atomic mass is 19.1. The van der Waals surface area contributed by atoms with Gasteiger partial charge < -0.3 is 10.8 Å². The highest BCUT2D eigenvalue weighted by Gasteiger charge is 2.03. The largest absolute Gasteiger partial charge is 0.392 e. The Morgan fingerprint density at radius 3 is 2.55 bits per heavy atom. The molecular formula is C16H15FN2O. The second-order valence-electron chi connectivity index (χ2n) is 4.44. The van der Waals surface area contributed by atoms with Gasteiger partial charge in [0.1, 0.15) is 0 Å². The summed E-state index contributed by atoms with van der Waals surface area (Å²) < 4.78 is 13.3. The minimum atomic E-state index is -0.549. The molecule has 0 aliphatic heterocycles. The van der Waals surface area contributed by atoms with Gasteiger partial charge in [0.2, 0.25) is 0 Å². The molecule has 1 aromatic carbocycles. The zero-order chi connectivity index (χ0) is 14.5. The molecule has 3 nitrogen and oxygen atoms in total. The fraction of sp³-hybridized carbons (Fsp3) is 0.188. The quantitative estimate of drug-likeness (QED) is 0.822. The smallest absolute Gasteiger partial charge is 0.166 e. The van der Waals surface area contributed by atoms with Gasteiger partial charge in [-0.1, -0.05) is 36.1 Å².